The molecule has 4 heterocycles. The van der Waals surface area contributed by atoms with Crippen molar-refractivity contribution in [3.63, 3.8) is 0 Å². The fraction of sp³-hybridized carbons (Fsp3) is 0.391. The van der Waals surface area contributed by atoms with E-state index in [0.717, 1.165) is 63.5 Å². The molecule has 2 aromatic heterocycles. The van der Waals surface area contributed by atoms with Gasteiger partial charge in [0.2, 0.25) is 23.2 Å². The van der Waals surface area contributed by atoms with Gasteiger partial charge in [-0.3, -0.25) is 9.59 Å². The Kier molecular flexibility index (Phi) is 13.4. The molecule has 4 aromatic rings. The smallest absolute Gasteiger partial charge is 0.335 e. The van der Waals surface area contributed by atoms with Gasteiger partial charge < -0.3 is 49.9 Å². The Balaban J connectivity index is 0.000000196. The summed E-state index contributed by atoms with van der Waals surface area (Å²) in [5.74, 6) is -1.62. The van der Waals surface area contributed by atoms with Crippen LogP contribution in [0.3, 0.4) is 0 Å². The van der Waals surface area contributed by atoms with Gasteiger partial charge in [-0.25, -0.2) is 28.3 Å². The first-order valence-corrected chi connectivity index (χ1v) is 21.4. The van der Waals surface area contributed by atoms with E-state index >= 15 is 8.78 Å². The van der Waals surface area contributed by atoms with Crippen LogP contribution in [0.25, 0.3) is 0 Å². The van der Waals surface area contributed by atoms with Crippen molar-refractivity contribution in [2.75, 3.05) is 71.6 Å². The van der Waals surface area contributed by atoms with Gasteiger partial charge in [-0.15, -0.1) is 0 Å². The van der Waals surface area contributed by atoms with Gasteiger partial charge in [0.05, 0.1) is 62.2 Å². The van der Waals surface area contributed by atoms with Gasteiger partial charge >= 0.3 is 11.9 Å². The number of hydrogen-bond acceptors (Lipinski definition) is 14. The van der Waals surface area contributed by atoms with Crippen LogP contribution in [-0.4, -0.2) is 119 Å². The predicted molar refractivity (Wildman–Crippen MR) is 245 cm³/mol. The molecule has 20 heteroatoms. The number of halogens is 2. The highest BCUT2D eigenvalue weighted by atomic mass is 19.1. The van der Waals surface area contributed by atoms with Gasteiger partial charge in [-0.2, -0.15) is 9.97 Å². The summed E-state index contributed by atoms with van der Waals surface area (Å²) in [4.78, 5) is 72.4. The molecule has 2 atom stereocenters. The quantitative estimate of drug-likeness (QED) is 0.104. The van der Waals surface area contributed by atoms with Crippen molar-refractivity contribution in [3.05, 3.63) is 85.2 Å². The molecule has 0 spiro atoms. The molecule has 2 saturated carbocycles. The Morgan fingerprint density at radius 3 is 1.38 bits per heavy atom. The van der Waals surface area contributed by atoms with Gasteiger partial charge in [0.15, 0.2) is 11.6 Å². The SMILES string of the molecule is C=C[C@@]1(F)CN(C2CCCC2)c2nc(Nc3ccc(C(=O)O)cc3OC)ncc2N(C)C1=O.C=C[C@]1(F)CN(C2CCCC2)c2nc(Nc3ccc(C(=O)O)cc3OC)ncc2N(C)C1=O. The number of fused-ring (bicyclic) bond motifs is 2. The summed E-state index contributed by atoms with van der Waals surface area (Å²) in [6.07, 6.45) is 12.7. The number of carboxylic acids is 2. The summed E-state index contributed by atoms with van der Waals surface area (Å²) in [5.41, 5.74) is -2.58. The van der Waals surface area contributed by atoms with Crippen LogP contribution in [0.15, 0.2) is 74.1 Å². The molecule has 0 saturated heterocycles. The Hall–Kier alpha value is -7.38. The maximum Gasteiger partial charge on any atom is 0.335 e. The number of alkyl halides is 2. The molecular weight excluding hydrogens is 859 g/mol. The lowest BCUT2D eigenvalue weighted by atomic mass is 10.0. The summed E-state index contributed by atoms with van der Waals surface area (Å²) in [5, 5.41) is 24.5. The average Bonchev–Trinajstić information content (AvgIpc) is 4.06. The van der Waals surface area contributed by atoms with Crippen molar-refractivity contribution in [2.24, 2.45) is 0 Å². The normalized spacial score (nSPS) is 20.9. The third kappa shape index (κ3) is 9.12. The minimum absolute atomic E-state index is 0.0465. The highest BCUT2D eigenvalue weighted by Gasteiger charge is 2.48. The van der Waals surface area contributed by atoms with Gasteiger partial charge in [0, 0.05) is 26.2 Å². The molecule has 0 radical (unpaired) electrons. The number of amides is 2. The van der Waals surface area contributed by atoms with Crippen LogP contribution in [0.5, 0.6) is 11.5 Å². The number of carbonyl (C=O) groups excluding carboxylic acids is 2. The first kappa shape index (κ1) is 46.6. The molecule has 4 aliphatic rings. The van der Waals surface area contributed by atoms with Gasteiger partial charge in [-0.05, 0) is 74.2 Å². The third-order valence-corrected chi connectivity index (χ3v) is 12.5. The largest absolute Gasteiger partial charge is 0.495 e. The topological polar surface area (TPSA) is 216 Å². The fourth-order valence-electron chi connectivity index (χ4n) is 8.74. The first-order chi connectivity index (χ1) is 31.5. The average molecular weight is 911 g/mol. The maximum absolute atomic E-state index is 15.6. The van der Waals surface area contributed by atoms with Crippen molar-refractivity contribution < 1.29 is 47.6 Å². The predicted octanol–water partition coefficient (Wildman–Crippen LogP) is 7.09. The minimum Gasteiger partial charge on any atom is -0.495 e. The first-order valence-electron chi connectivity index (χ1n) is 21.4. The molecule has 8 rings (SSSR count). The van der Waals surface area contributed by atoms with Crippen molar-refractivity contribution in [1.82, 2.24) is 19.9 Å². The maximum atomic E-state index is 15.6. The van der Waals surface area contributed by atoms with E-state index in [1.165, 1.54) is 74.8 Å². The van der Waals surface area contributed by atoms with Crippen LogP contribution in [0.2, 0.25) is 0 Å². The van der Waals surface area contributed by atoms with E-state index in [1.54, 1.807) is 12.1 Å². The molecule has 2 amide bonds. The van der Waals surface area contributed by atoms with Crippen molar-refractivity contribution >= 4 is 70.0 Å². The van der Waals surface area contributed by atoms with Gasteiger partial charge in [0.25, 0.3) is 11.8 Å². The Morgan fingerprint density at radius 1 is 0.697 bits per heavy atom. The number of methoxy groups -OCH3 is 2. The highest BCUT2D eigenvalue weighted by Crippen LogP contribution is 2.42. The molecule has 2 fully saturated rings. The molecule has 0 unspecified atom stereocenters. The molecule has 2 aliphatic carbocycles. The van der Waals surface area contributed by atoms with Crippen LogP contribution < -0.4 is 39.7 Å². The van der Waals surface area contributed by atoms with E-state index in [0.29, 0.717) is 45.9 Å². The van der Waals surface area contributed by atoms with E-state index < -0.39 is 35.1 Å². The number of rotatable bonds is 12. The second kappa shape index (κ2) is 19.0. The summed E-state index contributed by atoms with van der Waals surface area (Å²) in [6.45, 7) is 6.78. The van der Waals surface area contributed by atoms with E-state index in [2.05, 4.69) is 43.7 Å². The van der Waals surface area contributed by atoms with Crippen LogP contribution in [-0.2, 0) is 9.59 Å². The standard InChI is InChI=1S/2C23H26FN5O4/c2*1-4-23(24)13-29(15-7-5-6-8-15)19-17(28(2)21(23)32)12-25-22(27-19)26-16-10-9-14(20(30)31)11-18(16)33-3/h2*4,9-12,15H,1,5-8,13H2,2-3H3,(H,30,31)(H,25,26,27)/t2*23-/m10/s1. The molecular formula is C46H52F2N10O8. The second-order valence-corrected chi connectivity index (χ2v) is 16.5. The van der Waals surface area contributed by atoms with E-state index in [9.17, 15) is 29.4 Å². The van der Waals surface area contributed by atoms with Crippen LogP contribution in [0.4, 0.5) is 55.1 Å². The van der Waals surface area contributed by atoms with Crippen LogP contribution in [0, 0.1) is 0 Å². The Labute approximate surface area is 380 Å². The number of benzene rings is 2. The number of carbonyl (C=O) groups is 4. The molecule has 0 bridgehead atoms. The van der Waals surface area contributed by atoms with Crippen molar-refractivity contribution in [3.8, 4) is 11.5 Å². The van der Waals surface area contributed by atoms with Crippen LogP contribution >= 0.6 is 0 Å². The summed E-state index contributed by atoms with van der Waals surface area (Å²) < 4.78 is 41.9. The Morgan fingerprint density at radius 2 is 1.06 bits per heavy atom. The second-order valence-electron chi connectivity index (χ2n) is 16.5. The summed E-state index contributed by atoms with van der Waals surface area (Å²) in [6, 6.07) is 8.89. The molecule has 18 nitrogen and oxygen atoms in total. The van der Waals surface area contributed by atoms with Crippen molar-refractivity contribution in [2.45, 2.75) is 74.8 Å². The molecule has 2 aliphatic heterocycles. The fourth-order valence-corrected chi connectivity index (χ4v) is 8.74. The zero-order valence-corrected chi connectivity index (χ0v) is 37.1. The van der Waals surface area contributed by atoms with E-state index in [1.807, 2.05) is 9.80 Å². The Bertz CT molecular complexity index is 2380. The number of anilines is 8. The lowest BCUT2D eigenvalue weighted by Gasteiger charge is -2.32. The number of nitrogens with zero attached hydrogens (tertiary/aromatic N) is 8. The zero-order chi connectivity index (χ0) is 47.5. The number of carboxylic acid groups (broad SMARTS) is 2. The minimum atomic E-state index is -2.25. The van der Waals surface area contributed by atoms with Crippen LogP contribution in [0.1, 0.15) is 72.1 Å². The number of hydrogen-bond donors (Lipinski definition) is 4. The van der Waals surface area contributed by atoms with Gasteiger partial charge in [0.1, 0.15) is 22.9 Å². The molecule has 66 heavy (non-hydrogen) atoms. The van der Waals surface area contributed by atoms with Crippen molar-refractivity contribution in [1.29, 1.82) is 0 Å². The monoisotopic (exact) mass is 910 g/mol. The van der Waals surface area contributed by atoms with Gasteiger partial charge in [-0.1, -0.05) is 38.8 Å². The lowest BCUT2D eigenvalue weighted by molar-refractivity contribution is -0.127. The molecule has 348 valence electrons. The number of aromatic carboxylic acids is 2. The highest BCUT2D eigenvalue weighted by molar-refractivity contribution is 6.05. The summed E-state index contributed by atoms with van der Waals surface area (Å²) >= 11 is 0. The third-order valence-electron chi connectivity index (χ3n) is 12.5. The number of aromatic nitrogens is 4. The lowest BCUT2D eigenvalue weighted by Crippen LogP contribution is -2.49. The van der Waals surface area contributed by atoms with E-state index in [-0.39, 0.29) is 48.2 Å². The summed E-state index contributed by atoms with van der Waals surface area (Å²) in [7, 11) is 5.87. The molecule has 4 N–H and O–H groups in total. The number of nitrogens with one attached hydrogen (secondary N) is 2. The molecule has 2 aromatic carbocycles. The van der Waals surface area contributed by atoms with E-state index in [4.69, 9.17) is 9.47 Å². The zero-order valence-electron chi connectivity index (χ0n) is 37.1. The number of ether oxygens (including phenoxy) is 2.